The molecule has 1 aliphatic rings. The molecule has 1 atom stereocenters. The van der Waals surface area contributed by atoms with Gasteiger partial charge in [-0.1, -0.05) is 49.6 Å². The Kier molecular flexibility index (Phi) is 3.36. The molecule has 0 heterocycles. The van der Waals surface area contributed by atoms with Gasteiger partial charge in [-0.25, -0.2) is 0 Å². The highest BCUT2D eigenvalue weighted by atomic mass is 35.6. The van der Waals surface area contributed by atoms with E-state index in [-0.39, 0.29) is 0 Å². The molecule has 1 aliphatic carbocycles. The molecule has 0 saturated carbocycles. The summed E-state index contributed by atoms with van der Waals surface area (Å²) in [5.74, 6) is 0. The highest BCUT2D eigenvalue weighted by Gasteiger charge is 2.25. The molecule has 0 aliphatic heterocycles. The normalized spacial score (nSPS) is 23.8. The predicted octanol–water partition coefficient (Wildman–Crippen LogP) is 3.87. The van der Waals surface area contributed by atoms with Crippen LogP contribution in [0.3, 0.4) is 0 Å². The first-order chi connectivity index (χ1) is 5.61. The van der Waals surface area contributed by atoms with Crippen molar-refractivity contribution in [2.24, 2.45) is 0 Å². The largest absolute Gasteiger partial charge is 0.167 e. The molecule has 1 unspecified atom stereocenters. The molecule has 2 heteroatoms. The Bertz CT molecular complexity index is 220. The first-order valence-electron chi connectivity index (χ1n) is 4.29. The maximum absolute atomic E-state index is 6.35. The minimum absolute atomic E-state index is 0.476. The third-order valence-corrected chi connectivity index (χ3v) is 4.70. The molecule has 0 radical (unpaired) electrons. The fourth-order valence-electron chi connectivity index (χ4n) is 1.17. The minimum atomic E-state index is -1.55. The van der Waals surface area contributed by atoms with Gasteiger partial charge in [-0.3, -0.25) is 0 Å². The van der Waals surface area contributed by atoms with Crippen LogP contribution in [-0.2, 0) is 0 Å². The second-order valence-electron chi connectivity index (χ2n) is 3.57. The zero-order valence-electron chi connectivity index (χ0n) is 7.63. The van der Waals surface area contributed by atoms with E-state index < -0.39 is 7.38 Å². The van der Waals surface area contributed by atoms with Crippen molar-refractivity contribution in [3.05, 3.63) is 36.5 Å². The lowest BCUT2D eigenvalue weighted by Gasteiger charge is -2.20. The molecule has 0 aromatic heterocycles. The van der Waals surface area contributed by atoms with E-state index >= 15 is 0 Å². The number of halogens is 1. The minimum Gasteiger partial charge on any atom is -0.167 e. The van der Waals surface area contributed by atoms with Gasteiger partial charge in [0.1, 0.15) is 0 Å². The Balaban J connectivity index is 2.77. The Hall–Kier alpha value is -0.273. The lowest BCUT2D eigenvalue weighted by Crippen LogP contribution is -2.22. The average Bonchev–Trinajstić information content (AvgIpc) is 1.81. The molecule has 0 N–H and O–H groups in total. The van der Waals surface area contributed by atoms with Crippen molar-refractivity contribution in [2.45, 2.75) is 25.1 Å². The third-order valence-electron chi connectivity index (χ3n) is 1.97. The Morgan fingerprint density at radius 3 is 2.58 bits per heavy atom. The highest BCUT2D eigenvalue weighted by molar-refractivity contribution is 7.20. The van der Waals surface area contributed by atoms with E-state index in [0.29, 0.717) is 5.54 Å². The summed E-state index contributed by atoms with van der Waals surface area (Å²) in [6.07, 6.45) is 14.0. The second-order valence-corrected chi connectivity index (χ2v) is 10.3. The molecule has 66 valence electrons. The van der Waals surface area contributed by atoms with Gasteiger partial charge in [0.05, 0.1) is 0 Å². The average molecular weight is 199 g/mol. The van der Waals surface area contributed by atoms with Gasteiger partial charge in [0.2, 0.25) is 0 Å². The molecular weight excluding hydrogens is 184 g/mol. The van der Waals surface area contributed by atoms with Gasteiger partial charge < -0.3 is 0 Å². The fraction of sp³-hybridized carbons (Fsp3) is 0.400. The number of hydrogen-bond acceptors (Lipinski definition) is 0. The van der Waals surface area contributed by atoms with Gasteiger partial charge in [0, 0.05) is 5.54 Å². The summed E-state index contributed by atoms with van der Waals surface area (Å²) in [5.41, 5.74) is 0.476. The smallest absolute Gasteiger partial charge is 0.160 e. The van der Waals surface area contributed by atoms with Gasteiger partial charge >= 0.3 is 0 Å². The van der Waals surface area contributed by atoms with Crippen LogP contribution in [0.5, 0.6) is 0 Å². The van der Waals surface area contributed by atoms with Crippen molar-refractivity contribution in [3.63, 3.8) is 0 Å². The molecule has 1 rings (SSSR count). The monoisotopic (exact) mass is 198 g/mol. The summed E-state index contributed by atoms with van der Waals surface area (Å²) >= 11 is 6.35. The standard InChI is InChI=1S/C10H15ClSi/c1-12(2,11)10-8-6-4-3-5-7-9-10/h3-4,6-10H,5H2,1-2H3. The van der Waals surface area contributed by atoms with E-state index in [1.807, 2.05) is 0 Å². The summed E-state index contributed by atoms with van der Waals surface area (Å²) in [4.78, 5) is 0. The lowest BCUT2D eigenvalue weighted by molar-refractivity contribution is 1.24. The summed E-state index contributed by atoms with van der Waals surface area (Å²) in [7, 11) is -1.55. The summed E-state index contributed by atoms with van der Waals surface area (Å²) in [5, 5.41) is 0. The van der Waals surface area contributed by atoms with Crippen LogP contribution in [-0.4, -0.2) is 7.38 Å². The topological polar surface area (TPSA) is 0 Å². The molecular formula is C10H15ClSi. The van der Waals surface area contributed by atoms with Crippen LogP contribution >= 0.6 is 11.1 Å². The van der Waals surface area contributed by atoms with Crippen molar-refractivity contribution in [3.8, 4) is 0 Å². The van der Waals surface area contributed by atoms with E-state index in [4.69, 9.17) is 11.1 Å². The SMILES string of the molecule is C[Si](C)(Cl)C1C=CC=CCC=C1. The summed E-state index contributed by atoms with van der Waals surface area (Å²) in [6.45, 7) is 4.36. The van der Waals surface area contributed by atoms with Crippen LogP contribution in [0.25, 0.3) is 0 Å². The van der Waals surface area contributed by atoms with Gasteiger partial charge in [-0.2, -0.15) is 11.1 Å². The van der Waals surface area contributed by atoms with Gasteiger partial charge in [0.25, 0.3) is 0 Å². The van der Waals surface area contributed by atoms with Crippen LogP contribution in [0.1, 0.15) is 6.42 Å². The van der Waals surface area contributed by atoms with Gasteiger partial charge in [-0.05, 0) is 6.42 Å². The van der Waals surface area contributed by atoms with Gasteiger partial charge in [0.15, 0.2) is 7.38 Å². The fourth-order valence-corrected chi connectivity index (χ4v) is 2.77. The van der Waals surface area contributed by atoms with Crippen LogP contribution in [0, 0.1) is 0 Å². The van der Waals surface area contributed by atoms with E-state index in [0.717, 1.165) is 6.42 Å². The van der Waals surface area contributed by atoms with E-state index in [2.05, 4.69) is 49.6 Å². The number of hydrogen-bond donors (Lipinski definition) is 0. The zero-order chi connectivity index (χ0) is 9.03. The highest BCUT2D eigenvalue weighted by Crippen LogP contribution is 2.29. The van der Waals surface area contributed by atoms with Gasteiger partial charge in [-0.15, -0.1) is 0 Å². The summed E-state index contributed by atoms with van der Waals surface area (Å²) < 4.78 is 0. The Morgan fingerprint density at radius 2 is 1.92 bits per heavy atom. The molecule has 0 spiro atoms. The molecule has 0 saturated heterocycles. The molecule has 0 amide bonds. The maximum Gasteiger partial charge on any atom is 0.160 e. The van der Waals surface area contributed by atoms with Crippen molar-refractivity contribution >= 4 is 18.5 Å². The van der Waals surface area contributed by atoms with Crippen molar-refractivity contribution in [1.82, 2.24) is 0 Å². The zero-order valence-corrected chi connectivity index (χ0v) is 9.38. The van der Waals surface area contributed by atoms with Crippen LogP contribution in [0.15, 0.2) is 36.5 Å². The first-order valence-corrected chi connectivity index (χ1v) is 8.38. The third kappa shape index (κ3) is 3.00. The van der Waals surface area contributed by atoms with Crippen molar-refractivity contribution < 1.29 is 0 Å². The quantitative estimate of drug-likeness (QED) is 0.341. The molecule has 0 aromatic carbocycles. The van der Waals surface area contributed by atoms with Crippen molar-refractivity contribution in [2.75, 3.05) is 0 Å². The van der Waals surface area contributed by atoms with Crippen molar-refractivity contribution in [1.29, 1.82) is 0 Å². The second kappa shape index (κ2) is 4.10. The van der Waals surface area contributed by atoms with E-state index in [9.17, 15) is 0 Å². The van der Waals surface area contributed by atoms with Crippen LogP contribution in [0.4, 0.5) is 0 Å². The van der Waals surface area contributed by atoms with Crippen LogP contribution in [0.2, 0.25) is 18.6 Å². The first kappa shape index (κ1) is 9.81. The van der Waals surface area contributed by atoms with E-state index in [1.165, 1.54) is 0 Å². The molecule has 0 nitrogen and oxygen atoms in total. The molecule has 0 bridgehead atoms. The number of allylic oxidation sites excluding steroid dienone is 6. The maximum atomic E-state index is 6.35. The van der Waals surface area contributed by atoms with Crippen LogP contribution < -0.4 is 0 Å². The summed E-state index contributed by atoms with van der Waals surface area (Å²) in [6, 6.07) is 0. The molecule has 12 heavy (non-hydrogen) atoms. The predicted molar refractivity (Wildman–Crippen MR) is 59.1 cm³/mol. The Labute approximate surface area is 80.3 Å². The lowest BCUT2D eigenvalue weighted by atomic mass is 10.2. The van der Waals surface area contributed by atoms with E-state index in [1.54, 1.807) is 0 Å². The number of rotatable bonds is 1. The molecule has 0 fully saturated rings. The Morgan fingerprint density at radius 1 is 1.17 bits per heavy atom. The molecule has 0 aromatic rings.